The lowest BCUT2D eigenvalue weighted by molar-refractivity contribution is -0.120. The summed E-state index contributed by atoms with van der Waals surface area (Å²) in [6, 6.07) is 6.77. The molecule has 1 aromatic carbocycles. The lowest BCUT2D eigenvalue weighted by Crippen LogP contribution is -2.51. The molecule has 12 heteroatoms. The average molecular weight is 467 g/mol. The van der Waals surface area contributed by atoms with Gasteiger partial charge in [0.15, 0.2) is 6.23 Å². The van der Waals surface area contributed by atoms with Crippen LogP contribution in [-0.2, 0) is 13.9 Å². The van der Waals surface area contributed by atoms with Crippen LogP contribution in [0.5, 0.6) is 0 Å². The van der Waals surface area contributed by atoms with Crippen LogP contribution in [-0.4, -0.2) is 53.8 Å². The summed E-state index contributed by atoms with van der Waals surface area (Å²) in [5, 5.41) is 9.90. The van der Waals surface area contributed by atoms with Crippen LogP contribution in [0.2, 0.25) is 0 Å². The van der Waals surface area contributed by atoms with Gasteiger partial charge in [-0.3, -0.25) is 14.8 Å². The van der Waals surface area contributed by atoms with Gasteiger partial charge < -0.3 is 14.5 Å². The maximum Gasteiger partial charge on any atom is 0.244 e. The van der Waals surface area contributed by atoms with Gasteiger partial charge in [-0.15, -0.1) is 11.6 Å². The molecule has 0 aliphatic carbocycles. The van der Waals surface area contributed by atoms with Crippen molar-refractivity contribution in [3.05, 3.63) is 24.3 Å². The highest BCUT2D eigenvalue weighted by molar-refractivity contribution is 7.67. The fourth-order valence-electron chi connectivity index (χ4n) is 1.83. The molecule has 1 amide bonds. The molecule has 0 bridgehead atoms. The van der Waals surface area contributed by atoms with Crippen LogP contribution in [0, 0.1) is 0 Å². The Morgan fingerprint density at radius 1 is 1.31 bits per heavy atom. The van der Waals surface area contributed by atoms with Crippen molar-refractivity contribution in [1.29, 1.82) is 0 Å². The standard InChI is InChI=1S/C14H20Cl4N3O4P/c1-21(2)10-3-5-11(6-4-10)26(24,25-8-7-15)9-12(22)19-20-13(23)14(16,17)18/h3-6,13,20,23H,7-9H2,1-2H3,(H,19,22). The molecule has 0 heterocycles. The lowest BCUT2D eigenvalue weighted by atomic mass is 10.3. The van der Waals surface area contributed by atoms with Gasteiger partial charge in [-0.05, 0) is 24.3 Å². The van der Waals surface area contributed by atoms with E-state index in [0.717, 1.165) is 5.69 Å². The summed E-state index contributed by atoms with van der Waals surface area (Å²) >= 11 is 22.0. The first kappa shape index (κ1) is 23.8. The van der Waals surface area contributed by atoms with Crippen molar-refractivity contribution < 1.29 is 19.0 Å². The predicted molar refractivity (Wildman–Crippen MR) is 107 cm³/mol. The molecule has 0 saturated carbocycles. The number of alkyl halides is 4. The van der Waals surface area contributed by atoms with Crippen LogP contribution in [0.1, 0.15) is 0 Å². The highest BCUT2D eigenvalue weighted by Gasteiger charge is 2.33. The molecule has 0 aromatic heterocycles. The molecule has 0 radical (unpaired) electrons. The number of hydrogen-bond donors (Lipinski definition) is 3. The first-order chi connectivity index (χ1) is 12.0. The highest BCUT2D eigenvalue weighted by Crippen LogP contribution is 2.45. The zero-order valence-electron chi connectivity index (χ0n) is 14.1. The number of carbonyl (C=O) groups is 1. The normalized spacial score (nSPS) is 15.2. The van der Waals surface area contributed by atoms with Gasteiger partial charge in [-0.25, -0.2) is 5.43 Å². The number of nitrogens with one attached hydrogen (secondary N) is 2. The summed E-state index contributed by atoms with van der Waals surface area (Å²) in [6.45, 7) is 0.00570. The Morgan fingerprint density at radius 3 is 2.35 bits per heavy atom. The Bertz CT molecular complexity index is 640. The molecule has 2 atom stereocenters. The van der Waals surface area contributed by atoms with Crippen LogP contribution >= 0.6 is 53.8 Å². The number of benzene rings is 1. The molecule has 0 spiro atoms. The summed E-state index contributed by atoms with van der Waals surface area (Å²) in [4.78, 5) is 14.0. The Labute approximate surface area is 172 Å². The largest absolute Gasteiger partial charge is 0.378 e. The van der Waals surface area contributed by atoms with E-state index in [1.54, 1.807) is 24.3 Å². The van der Waals surface area contributed by atoms with Gasteiger partial charge in [0, 0.05) is 31.0 Å². The average Bonchev–Trinajstić information content (AvgIpc) is 2.57. The maximum absolute atomic E-state index is 13.2. The molecule has 0 saturated heterocycles. The molecule has 1 aromatic rings. The second-order valence-corrected chi connectivity index (χ2v) is 10.6. The quantitative estimate of drug-likeness (QED) is 0.224. The van der Waals surface area contributed by atoms with E-state index in [4.69, 9.17) is 50.9 Å². The molecule has 26 heavy (non-hydrogen) atoms. The van der Waals surface area contributed by atoms with Crippen LogP contribution < -0.4 is 21.1 Å². The monoisotopic (exact) mass is 465 g/mol. The Balaban J connectivity index is 2.88. The number of nitrogens with zero attached hydrogens (tertiary/aromatic N) is 1. The van der Waals surface area contributed by atoms with E-state index >= 15 is 0 Å². The van der Waals surface area contributed by atoms with Crippen molar-refractivity contribution in [2.75, 3.05) is 37.6 Å². The minimum Gasteiger partial charge on any atom is -0.378 e. The number of amides is 1. The third kappa shape index (κ3) is 7.41. The van der Waals surface area contributed by atoms with Crippen molar-refractivity contribution in [3.8, 4) is 0 Å². The van der Waals surface area contributed by atoms with Crippen LogP contribution in [0.15, 0.2) is 24.3 Å². The lowest BCUT2D eigenvalue weighted by Gasteiger charge is -2.22. The summed E-state index contributed by atoms with van der Waals surface area (Å²) in [6.07, 6.45) is -2.14. The van der Waals surface area contributed by atoms with Crippen molar-refractivity contribution in [2.45, 2.75) is 10.0 Å². The predicted octanol–water partition coefficient (Wildman–Crippen LogP) is 2.22. The molecule has 2 unspecified atom stereocenters. The van der Waals surface area contributed by atoms with Gasteiger partial charge >= 0.3 is 0 Å². The third-order valence-electron chi connectivity index (χ3n) is 3.15. The second-order valence-electron chi connectivity index (χ2n) is 5.40. The van der Waals surface area contributed by atoms with E-state index in [-0.39, 0.29) is 12.5 Å². The number of anilines is 1. The first-order valence-electron chi connectivity index (χ1n) is 7.36. The number of halogens is 4. The Hall–Kier alpha value is -0.240. The van der Waals surface area contributed by atoms with Crippen molar-refractivity contribution in [3.63, 3.8) is 0 Å². The number of aliphatic hydroxyl groups excluding tert-OH is 1. The molecule has 0 fully saturated rings. The number of carbonyl (C=O) groups excluding carboxylic acids is 1. The smallest absolute Gasteiger partial charge is 0.244 e. The molecule has 3 N–H and O–H groups in total. The fourth-order valence-corrected chi connectivity index (χ4v) is 4.05. The summed E-state index contributed by atoms with van der Waals surface area (Å²) < 4.78 is 16.5. The highest BCUT2D eigenvalue weighted by atomic mass is 35.6. The molecule has 0 aliphatic heterocycles. The van der Waals surface area contributed by atoms with Gasteiger partial charge in [-0.1, -0.05) is 34.8 Å². The molecule has 148 valence electrons. The van der Waals surface area contributed by atoms with Gasteiger partial charge in [0.05, 0.1) is 6.61 Å². The van der Waals surface area contributed by atoms with E-state index in [9.17, 15) is 14.5 Å². The van der Waals surface area contributed by atoms with Gasteiger partial charge in [-0.2, -0.15) is 0 Å². The van der Waals surface area contributed by atoms with Crippen molar-refractivity contribution in [1.82, 2.24) is 10.9 Å². The van der Waals surface area contributed by atoms with E-state index in [1.165, 1.54) is 0 Å². The van der Waals surface area contributed by atoms with Crippen LogP contribution in [0.4, 0.5) is 5.69 Å². The number of rotatable bonds is 9. The minimum absolute atomic E-state index is 0.00570. The fraction of sp³-hybridized carbons (Fsp3) is 0.500. The van der Waals surface area contributed by atoms with Crippen molar-refractivity contribution >= 4 is 70.7 Å². The Morgan fingerprint density at radius 2 is 1.88 bits per heavy atom. The molecular formula is C14H20Cl4N3O4P. The van der Waals surface area contributed by atoms with Gasteiger partial charge in [0.1, 0.15) is 6.16 Å². The maximum atomic E-state index is 13.2. The summed E-state index contributed by atoms with van der Waals surface area (Å²) in [5.74, 6) is -0.598. The second kappa shape index (κ2) is 10.3. The molecule has 7 nitrogen and oxygen atoms in total. The molecule has 0 aliphatic rings. The topological polar surface area (TPSA) is 90.9 Å². The Kier molecular flexibility index (Phi) is 9.47. The first-order valence-corrected chi connectivity index (χ1v) is 10.8. The van der Waals surface area contributed by atoms with E-state index in [0.29, 0.717) is 5.30 Å². The SMILES string of the molecule is CN(C)c1ccc(P(=O)(CC(=O)NNC(O)C(Cl)(Cl)Cl)OCCCl)cc1. The molecule has 1 rings (SSSR count). The zero-order chi connectivity index (χ0) is 20.0. The van der Waals surface area contributed by atoms with Crippen molar-refractivity contribution in [2.24, 2.45) is 0 Å². The van der Waals surface area contributed by atoms with Crippen LogP contribution in [0.3, 0.4) is 0 Å². The molecular weight excluding hydrogens is 447 g/mol. The van der Waals surface area contributed by atoms with E-state index < -0.39 is 29.5 Å². The van der Waals surface area contributed by atoms with E-state index in [2.05, 4.69) is 10.9 Å². The minimum atomic E-state index is -3.53. The van der Waals surface area contributed by atoms with Crippen LogP contribution in [0.25, 0.3) is 0 Å². The summed E-state index contributed by atoms with van der Waals surface area (Å²) in [5.41, 5.74) is 5.16. The van der Waals surface area contributed by atoms with E-state index in [1.807, 2.05) is 19.0 Å². The number of hydrazine groups is 1. The zero-order valence-corrected chi connectivity index (χ0v) is 18.0. The van der Waals surface area contributed by atoms with Gasteiger partial charge in [0.25, 0.3) is 0 Å². The van der Waals surface area contributed by atoms with Gasteiger partial charge in [0.2, 0.25) is 17.1 Å². The number of hydrogen-bond acceptors (Lipinski definition) is 6. The number of aliphatic hydroxyl groups is 1. The summed E-state index contributed by atoms with van der Waals surface area (Å²) in [7, 11) is 0.207. The third-order valence-corrected chi connectivity index (χ3v) is 6.31.